The van der Waals surface area contributed by atoms with E-state index in [1.807, 2.05) is 0 Å². The third kappa shape index (κ3) is 5.92. The number of carboxylic acid groups (broad SMARTS) is 1. The molecule has 1 aromatic carbocycles. The number of alkyl halides is 3. The van der Waals surface area contributed by atoms with Crippen LogP contribution in [0, 0.1) is 5.41 Å². The number of guanidine groups is 1. The van der Waals surface area contributed by atoms with E-state index in [2.05, 4.69) is 10.6 Å². The molecule has 1 aliphatic rings. The maximum absolute atomic E-state index is 13.5. The van der Waals surface area contributed by atoms with Crippen molar-refractivity contribution in [1.29, 1.82) is 5.41 Å². The highest BCUT2D eigenvalue weighted by Crippen LogP contribution is 2.42. The molecule has 0 aliphatic carbocycles. The van der Waals surface area contributed by atoms with Crippen molar-refractivity contribution in [3.8, 4) is 5.75 Å². The normalized spacial score (nSPS) is 16.6. The number of benzene rings is 1. The van der Waals surface area contributed by atoms with Gasteiger partial charge in [0.05, 0.1) is 10.6 Å². The highest BCUT2D eigenvalue weighted by atomic mass is 35.5. The van der Waals surface area contributed by atoms with Crippen molar-refractivity contribution in [1.82, 2.24) is 10.6 Å². The molecular formula is C17H17Cl2F3N4O4. The molecule has 0 aromatic heterocycles. The van der Waals surface area contributed by atoms with E-state index in [0.29, 0.717) is 0 Å². The van der Waals surface area contributed by atoms with Gasteiger partial charge in [0.25, 0.3) is 5.91 Å². The Morgan fingerprint density at radius 3 is 2.57 bits per heavy atom. The predicted octanol–water partition coefficient (Wildman–Crippen LogP) is 2.53. The smallest absolute Gasteiger partial charge is 0.429 e. The van der Waals surface area contributed by atoms with Crippen LogP contribution in [0.5, 0.6) is 5.75 Å². The Morgan fingerprint density at radius 2 is 2.00 bits per heavy atom. The van der Waals surface area contributed by atoms with Gasteiger partial charge in [0, 0.05) is 17.1 Å². The second kappa shape index (κ2) is 9.43. The molecule has 0 saturated heterocycles. The number of aliphatic carboxylic acids is 1. The molecule has 6 N–H and O–H groups in total. The van der Waals surface area contributed by atoms with Crippen molar-refractivity contribution in [3.05, 3.63) is 33.3 Å². The van der Waals surface area contributed by atoms with E-state index < -0.39 is 35.8 Å². The van der Waals surface area contributed by atoms with E-state index in [1.165, 1.54) is 12.1 Å². The molecule has 0 saturated carbocycles. The number of ether oxygens (including phenoxy) is 1. The monoisotopic (exact) mass is 468 g/mol. The fourth-order valence-electron chi connectivity index (χ4n) is 2.69. The zero-order chi connectivity index (χ0) is 22.6. The van der Waals surface area contributed by atoms with Gasteiger partial charge in [-0.25, -0.2) is 4.79 Å². The third-order valence-electron chi connectivity index (χ3n) is 4.01. The number of carbonyl (C=O) groups excluding carboxylic acids is 1. The second-order valence-electron chi connectivity index (χ2n) is 6.29. The Morgan fingerprint density at radius 1 is 1.33 bits per heavy atom. The molecule has 1 aliphatic heterocycles. The van der Waals surface area contributed by atoms with Crippen molar-refractivity contribution in [2.75, 3.05) is 6.54 Å². The van der Waals surface area contributed by atoms with Crippen molar-refractivity contribution in [3.63, 3.8) is 0 Å². The van der Waals surface area contributed by atoms with E-state index >= 15 is 0 Å². The van der Waals surface area contributed by atoms with Crippen LogP contribution in [0.1, 0.15) is 18.4 Å². The highest BCUT2D eigenvalue weighted by Gasteiger charge is 2.49. The van der Waals surface area contributed by atoms with Gasteiger partial charge in [0.1, 0.15) is 11.8 Å². The number of halogens is 5. The summed E-state index contributed by atoms with van der Waals surface area (Å²) in [5, 5.41) is 20.8. The van der Waals surface area contributed by atoms with Crippen molar-refractivity contribution < 1.29 is 32.6 Å². The topological polar surface area (TPSA) is 138 Å². The van der Waals surface area contributed by atoms with Gasteiger partial charge in [-0.15, -0.1) is 0 Å². The number of fused-ring (bicyclic) bond motifs is 1. The van der Waals surface area contributed by atoms with Gasteiger partial charge in [0.15, 0.2) is 5.96 Å². The number of rotatable bonds is 7. The maximum Gasteiger partial charge on any atom is 0.429 e. The van der Waals surface area contributed by atoms with Gasteiger partial charge in [-0.2, -0.15) is 13.2 Å². The second-order valence-corrected chi connectivity index (χ2v) is 7.14. The molecule has 164 valence electrons. The Kier molecular flexibility index (Phi) is 7.43. The number of nitrogens with one attached hydrogen (secondary N) is 3. The number of carboxylic acids is 1. The average Bonchev–Trinajstić information content (AvgIpc) is 2.61. The molecule has 13 heteroatoms. The van der Waals surface area contributed by atoms with Crippen molar-refractivity contribution >= 4 is 47.1 Å². The number of amides is 1. The number of hydrogen-bond acceptors (Lipinski definition) is 4. The average molecular weight is 469 g/mol. The molecular weight excluding hydrogens is 452 g/mol. The minimum Gasteiger partial charge on any atom is -0.480 e. The predicted molar refractivity (Wildman–Crippen MR) is 104 cm³/mol. The summed E-state index contributed by atoms with van der Waals surface area (Å²) in [7, 11) is 0. The number of hydrogen-bond donors (Lipinski definition) is 5. The molecule has 8 nitrogen and oxygen atoms in total. The summed E-state index contributed by atoms with van der Waals surface area (Å²) >= 11 is 11.7. The first-order chi connectivity index (χ1) is 13.9. The Hall–Kier alpha value is -2.66. The number of nitrogens with two attached hydrogens (primary N) is 1. The van der Waals surface area contributed by atoms with E-state index in [9.17, 15) is 27.9 Å². The highest BCUT2D eigenvalue weighted by molar-refractivity contribution is 6.36. The van der Waals surface area contributed by atoms with Crippen LogP contribution in [0.4, 0.5) is 13.2 Å². The molecule has 1 unspecified atom stereocenters. The van der Waals surface area contributed by atoms with E-state index in [4.69, 9.17) is 39.1 Å². The number of carbonyl (C=O) groups is 2. The standard InChI is InChI=1S/C17H17Cl2F3N4O4/c18-8-4-7-5-9(13(17(20,21)22)30-12(7)10(19)6-8)14(27)26-11(15(28)29)2-1-3-25-16(23)24/h4-6,11,13H,1-3H2,(H,26,27)(H,28,29)(H4,23,24,25)/t11?,13-/m0/s1. The fraction of sp³-hybridized carbons (Fsp3) is 0.353. The molecule has 30 heavy (non-hydrogen) atoms. The molecule has 1 amide bonds. The van der Waals surface area contributed by atoms with Gasteiger partial charge in [-0.3, -0.25) is 10.2 Å². The van der Waals surface area contributed by atoms with Crippen molar-refractivity contribution in [2.45, 2.75) is 31.2 Å². The van der Waals surface area contributed by atoms with Crippen molar-refractivity contribution in [2.24, 2.45) is 5.73 Å². The molecule has 0 radical (unpaired) electrons. The first kappa shape index (κ1) is 23.6. The van der Waals surface area contributed by atoms with Crippen LogP contribution in [0.2, 0.25) is 10.0 Å². The molecule has 2 atom stereocenters. The van der Waals surface area contributed by atoms with E-state index in [0.717, 1.165) is 6.08 Å². The van der Waals surface area contributed by atoms with Gasteiger partial charge < -0.3 is 26.2 Å². The zero-order valence-electron chi connectivity index (χ0n) is 15.1. The van der Waals surface area contributed by atoms with Crippen LogP contribution in [-0.2, 0) is 9.59 Å². The molecule has 1 aromatic rings. The van der Waals surface area contributed by atoms with E-state index in [-0.39, 0.29) is 46.7 Å². The lowest BCUT2D eigenvalue weighted by atomic mass is 9.99. The summed E-state index contributed by atoms with van der Waals surface area (Å²) in [6.07, 6.45) is -6.62. The third-order valence-corrected chi connectivity index (χ3v) is 4.51. The van der Waals surface area contributed by atoms with Gasteiger partial charge in [-0.1, -0.05) is 23.2 Å². The Balaban J connectivity index is 2.27. The summed E-state index contributed by atoms with van der Waals surface area (Å²) in [5.74, 6) is -3.30. The summed E-state index contributed by atoms with van der Waals surface area (Å²) in [4.78, 5) is 23.9. The van der Waals surface area contributed by atoms with Crippen LogP contribution < -0.4 is 21.1 Å². The molecule has 0 bridgehead atoms. The van der Waals surface area contributed by atoms with Crippen LogP contribution in [0.15, 0.2) is 17.7 Å². The molecule has 1 heterocycles. The van der Waals surface area contributed by atoms with Crippen LogP contribution in [-0.4, -0.2) is 47.8 Å². The molecule has 2 rings (SSSR count). The maximum atomic E-state index is 13.5. The van der Waals surface area contributed by atoms with Crippen LogP contribution in [0.3, 0.4) is 0 Å². The van der Waals surface area contributed by atoms with E-state index in [1.54, 1.807) is 0 Å². The summed E-state index contributed by atoms with van der Waals surface area (Å²) < 4.78 is 45.5. The molecule has 0 spiro atoms. The summed E-state index contributed by atoms with van der Waals surface area (Å²) in [6.45, 7) is 0.149. The van der Waals surface area contributed by atoms with Gasteiger partial charge in [0.2, 0.25) is 6.10 Å². The quantitative estimate of drug-likeness (QED) is 0.237. The lowest BCUT2D eigenvalue weighted by Crippen LogP contribution is -2.48. The van der Waals surface area contributed by atoms with Gasteiger partial charge >= 0.3 is 12.1 Å². The Labute approximate surface area is 178 Å². The minimum atomic E-state index is -4.96. The summed E-state index contributed by atoms with van der Waals surface area (Å²) in [5.41, 5.74) is 4.32. The SMILES string of the molecule is N=C(N)NCCCC(NC(=O)C1=Cc2cc(Cl)cc(Cl)c2O[C@@H]1C(F)(F)F)C(=O)O. The van der Waals surface area contributed by atoms with Crippen LogP contribution >= 0.6 is 23.2 Å². The fourth-order valence-corrected chi connectivity index (χ4v) is 3.25. The lowest BCUT2D eigenvalue weighted by molar-refractivity contribution is -0.185. The lowest BCUT2D eigenvalue weighted by Gasteiger charge is -2.29. The molecule has 0 fully saturated rings. The summed E-state index contributed by atoms with van der Waals surface area (Å²) in [6, 6.07) is 1.000. The van der Waals surface area contributed by atoms with Crippen LogP contribution in [0.25, 0.3) is 6.08 Å². The Bertz CT molecular complexity index is 892. The first-order valence-corrected chi connectivity index (χ1v) is 9.21. The van der Waals surface area contributed by atoms with Gasteiger partial charge in [-0.05, 0) is 31.1 Å². The first-order valence-electron chi connectivity index (χ1n) is 8.45. The largest absolute Gasteiger partial charge is 0.480 e. The zero-order valence-corrected chi connectivity index (χ0v) is 16.7. The minimum absolute atomic E-state index is 0.0516.